The molecule has 0 bridgehead atoms. The minimum absolute atomic E-state index is 0.141. The number of dihydropyridines is 1. The van der Waals surface area contributed by atoms with Gasteiger partial charge in [0.05, 0.1) is 16.5 Å². The topological polar surface area (TPSA) is 79.6 Å². The Bertz CT molecular complexity index is 1310. The Morgan fingerprint density at radius 2 is 1.97 bits per heavy atom. The Morgan fingerprint density at radius 3 is 2.63 bits per heavy atom. The van der Waals surface area contributed by atoms with Gasteiger partial charge in [0, 0.05) is 59.6 Å². The lowest BCUT2D eigenvalue weighted by molar-refractivity contribution is -0.120. The van der Waals surface area contributed by atoms with Gasteiger partial charge in [-0.1, -0.05) is 11.6 Å². The quantitative estimate of drug-likeness (QED) is 0.493. The van der Waals surface area contributed by atoms with Crippen LogP contribution in [0.5, 0.6) is 0 Å². The van der Waals surface area contributed by atoms with E-state index in [1.807, 2.05) is 19.3 Å². The van der Waals surface area contributed by atoms with Gasteiger partial charge in [0.2, 0.25) is 0 Å². The zero-order valence-corrected chi connectivity index (χ0v) is 23.9. The fourth-order valence-corrected chi connectivity index (χ4v) is 7.28. The van der Waals surface area contributed by atoms with E-state index < -0.39 is 12.1 Å². The van der Waals surface area contributed by atoms with Crippen LogP contribution in [0.3, 0.4) is 0 Å². The zero-order chi connectivity index (χ0) is 27.1. The number of rotatable bonds is 7. The summed E-state index contributed by atoms with van der Waals surface area (Å²) in [5.74, 6) is -0.528. The molecule has 0 spiro atoms. The van der Waals surface area contributed by atoms with E-state index in [2.05, 4.69) is 31.7 Å². The summed E-state index contributed by atoms with van der Waals surface area (Å²) in [6.45, 7) is 7.28. The van der Waals surface area contributed by atoms with Crippen molar-refractivity contribution in [2.45, 2.75) is 64.7 Å². The van der Waals surface area contributed by atoms with Crippen LogP contribution in [0.25, 0.3) is 11.0 Å². The van der Waals surface area contributed by atoms with E-state index in [0.717, 1.165) is 41.9 Å². The van der Waals surface area contributed by atoms with E-state index >= 15 is 0 Å². The van der Waals surface area contributed by atoms with Crippen molar-refractivity contribution < 1.29 is 14.0 Å². The van der Waals surface area contributed by atoms with E-state index in [-0.39, 0.29) is 24.4 Å². The first-order valence-electron chi connectivity index (χ1n) is 13.3. The maximum Gasteiger partial charge on any atom is 0.255 e. The number of likely N-dealkylation sites (tertiary alicyclic amines) is 1. The third kappa shape index (κ3) is 5.17. The first kappa shape index (κ1) is 27.3. The predicted octanol–water partition coefficient (Wildman–Crippen LogP) is 5.37. The minimum atomic E-state index is -0.667. The molecule has 5 rings (SSSR count). The molecule has 1 saturated carbocycles. The Kier molecular flexibility index (Phi) is 7.99. The number of amides is 2. The molecule has 2 aromatic heterocycles. The van der Waals surface area contributed by atoms with Crippen molar-refractivity contribution in [2.24, 2.45) is 16.8 Å². The van der Waals surface area contributed by atoms with Gasteiger partial charge in [0.25, 0.3) is 11.8 Å². The van der Waals surface area contributed by atoms with E-state index in [1.54, 1.807) is 19.2 Å². The smallest absolute Gasteiger partial charge is 0.255 e. The van der Waals surface area contributed by atoms with Gasteiger partial charge in [-0.2, -0.15) is 0 Å². The molecule has 1 N–H and O–H groups in total. The van der Waals surface area contributed by atoms with Gasteiger partial charge in [-0.25, -0.2) is 14.4 Å². The molecule has 1 aliphatic carbocycles. The second-order valence-corrected chi connectivity index (χ2v) is 12.1. The molecule has 2 atom stereocenters. The summed E-state index contributed by atoms with van der Waals surface area (Å²) in [5, 5.41) is 4.18. The van der Waals surface area contributed by atoms with Crippen LogP contribution in [0.4, 0.5) is 4.39 Å². The van der Waals surface area contributed by atoms with Crippen LogP contribution in [-0.4, -0.2) is 70.1 Å². The number of hydrogen-bond donors (Lipinski definition) is 1. The molecule has 0 aromatic carbocycles. The fourth-order valence-electron chi connectivity index (χ4n) is 6.37. The fraction of sp³-hybridized carbons (Fsp3) is 0.571. The zero-order valence-electron chi connectivity index (χ0n) is 22.3. The highest BCUT2D eigenvalue weighted by Crippen LogP contribution is 2.39. The molecule has 2 amide bonds. The van der Waals surface area contributed by atoms with Gasteiger partial charge < -0.3 is 9.88 Å². The molecule has 10 heteroatoms. The van der Waals surface area contributed by atoms with Crippen LogP contribution in [-0.2, 0) is 4.79 Å². The molecule has 3 aliphatic rings. The lowest BCUT2D eigenvalue weighted by Gasteiger charge is -2.44. The van der Waals surface area contributed by atoms with Crippen molar-refractivity contribution in [3.63, 3.8) is 0 Å². The number of nitrogens with zero attached hydrogens (tertiary/aromatic N) is 4. The number of aliphatic imine (C=N–C) groups is 1. The Hall–Kier alpha value is -2.23. The first-order chi connectivity index (χ1) is 18.2. The average molecular weight is 560 g/mol. The number of alkyl halides is 1. The summed E-state index contributed by atoms with van der Waals surface area (Å²) in [6, 6.07) is 2.42. The molecule has 4 heterocycles. The highest BCUT2D eigenvalue weighted by Gasteiger charge is 2.37. The molecular weight excluding hydrogens is 525 g/mol. The van der Waals surface area contributed by atoms with E-state index in [9.17, 15) is 14.0 Å². The van der Waals surface area contributed by atoms with Crippen molar-refractivity contribution in [1.82, 2.24) is 19.8 Å². The maximum absolute atomic E-state index is 13.6. The summed E-state index contributed by atoms with van der Waals surface area (Å²) in [7, 11) is 0. The minimum Gasteiger partial charge on any atom is -0.351 e. The normalized spacial score (nSPS) is 25.6. The van der Waals surface area contributed by atoms with Gasteiger partial charge in [-0.15, -0.1) is 11.8 Å². The van der Waals surface area contributed by atoms with Crippen molar-refractivity contribution in [1.29, 1.82) is 0 Å². The molecular formula is C28H35ClFN5O2S. The molecule has 38 heavy (non-hydrogen) atoms. The second-order valence-electron chi connectivity index (χ2n) is 10.8. The third-order valence-corrected chi connectivity index (χ3v) is 9.56. The molecule has 2 fully saturated rings. The number of carbonyl (C=O) groups excluding carboxylic acids is 2. The number of nitrogens with one attached hydrogen (secondary N) is 1. The number of allylic oxidation sites excluding steroid dienone is 1. The van der Waals surface area contributed by atoms with Gasteiger partial charge >= 0.3 is 0 Å². The second kappa shape index (κ2) is 11.1. The van der Waals surface area contributed by atoms with Crippen molar-refractivity contribution in [3.05, 3.63) is 39.5 Å². The van der Waals surface area contributed by atoms with E-state index in [4.69, 9.17) is 11.6 Å². The summed E-state index contributed by atoms with van der Waals surface area (Å²) in [4.78, 5) is 38.1. The molecule has 2 aromatic rings. The SMILES string of the molecule is CSC1=CC(C)=NC(=O)C1CNC(=O)c1c(C)n([C@H](C)C2CCC(N3CC(F)C3)CC2)c2ncc(Cl)cc12. The number of hydrogen-bond acceptors (Lipinski definition) is 5. The van der Waals surface area contributed by atoms with Crippen LogP contribution >= 0.6 is 23.4 Å². The Morgan fingerprint density at radius 1 is 1.26 bits per heavy atom. The Labute approximate surface area is 232 Å². The number of halogens is 2. The van der Waals surface area contributed by atoms with Crippen molar-refractivity contribution in [2.75, 3.05) is 25.9 Å². The summed E-state index contributed by atoms with van der Waals surface area (Å²) < 4.78 is 15.5. The molecule has 1 unspecified atom stereocenters. The molecule has 1 saturated heterocycles. The highest BCUT2D eigenvalue weighted by molar-refractivity contribution is 8.02. The number of carbonyl (C=O) groups is 2. The van der Waals surface area contributed by atoms with Crippen LogP contribution in [0, 0.1) is 18.8 Å². The van der Waals surface area contributed by atoms with Gasteiger partial charge in [0.15, 0.2) is 0 Å². The first-order valence-corrected chi connectivity index (χ1v) is 14.9. The number of thioether (sulfide) groups is 1. The number of fused-ring (bicyclic) bond motifs is 1. The van der Waals surface area contributed by atoms with Crippen molar-refractivity contribution in [3.8, 4) is 0 Å². The van der Waals surface area contributed by atoms with E-state index in [0.29, 0.717) is 46.7 Å². The predicted molar refractivity (Wildman–Crippen MR) is 152 cm³/mol. The lowest BCUT2D eigenvalue weighted by Crippen LogP contribution is -2.54. The number of aromatic nitrogens is 2. The Balaban J connectivity index is 1.36. The monoisotopic (exact) mass is 559 g/mol. The average Bonchev–Trinajstić information content (AvgIpc) is 3.16. The third-order valence-electron chi connectivity index (χ3n) is 8.48. The highest BCUT2D eigenvalue weighted by atomic mass is 35.5. The lowest BCUT2D eigenvalue weighted by atomic mass is 9.80. The van der Waals surface area contributed by atoms with Crippen LogP contribution < -0.4 is 5.32 Å². The molecule has 2 aliphatic heterocycles. The van der Waals surface area contributed by atoms with Crippen LogP contribution in [0.1, 0.15) is 61.6 Å². The van der Waals surface area contributed by atoms with Crippen molar-refractivity contribution >= 4 is 51.9 Å². The standard InChI is InChI=1S/C28H35ClFN5O2S/c1-15-9-24(38-4)23(27(36)33-15)12-32-28(37)25-17(3)35(26-22(25)10-19(29)11-31-26)16(2)18-5-7-21(8-6-18)34-13-20(30)14-34/h9-11,16,18,20-21,23H,5-8,12-14H2,1-4H3,(H,32,37)/t16-,18?,21?,23?/m1/s1. The van der Waals surface area contributed by atoms with Crippen LogP contribution in [0.2, 0.25) is 5.02 Å². The largest absolute Gasteiger partial charge is 0.351 e. The van der Waals surface area contributed by atoms with Gasteiger partial charge in [-0.3, -0.25) is 14.5 Å². The molecule has 0 radical (unpaired) electrons. The summed E-state index contributed by atoms with van der Waals surface area (Å²) >= 11 is 7.83. The summed E-state index contributed by atoms with van der Waals surface area (Å²) in [5.41, 5.74) is 2.81. The summed E-state index contributed by atoms with van der Waals surface area (Å²) in [6.07, 6.45) is 9.02. The molecule has 204 valence electrons. The molecule has 7 nitrogen and oxygen atoms in total. The van der Waals surface area contributed by atoms with E-state index in [1.165, 1.54) is 11.8 Å². The maximum atomic E-state index is 13.6. The van der Waals surface area contributed by atoms with Gasteiger partial charge in [-0.05, 0) is 70.8 Å². The number of pyridine rings is 1. The van der Waals surface area contributed by atoms with Gasteiger partial charge in [0.1, 0.15) is 11.8 Å². The van der Waals surface area contributed by atoms with Crippen LogP contribution in [0.15, 0.2) is 28.2 Å².